The third kappa shape index (κ3) is 5.56. The summed E-state index contributed by atoms with van der Waals surface area (Å²) in [6.07, 6.45) is 0. The second-order valence-corrected chi connectivity index (χ2v) is 5.21. The van der Waals surface area contributed by atoms with E-state index in [2.05, 4.69) is 0 Å². The Labute approximate surface area is 147 Å². The molecule has 0 bridgehead atoms. The molecule has 0 N–H and O–H groups in total. The van der Waals surface area contributed by atoms with Crippen LogP contribution in [0, 0.1) is 0 Å². The van der Waals surface area contributed by atoms with Crippen molar-refractivity contribution in [1.82, 2.24) is 4.90 Å². The van der Waals surface area contributed by atoms with E-state index < -0.39 is 0 Å². The number of rotatable bonds is 11. The van der Waals surface area contributed by atoms with Crippen LogP contribution in [0.3, 0.4) is 0 Å². The zero-order valence-electron chi connectivity index (χ0n) is 12.8. The first-order chi connectivity index (χ1) is 11.3. The lowest BCUT2D eigenvalue weighted by Crippen LogP contribution is -2.33. The van der Waals surface area contributed by atoms with Crippen molar-refractivity contribution in [1.29, 1.82) is 0 Å². The molecule has 1 aromatic rings. The number of imide groups is 1. The maximum atomic E-state index is 12.1. The van der Waals surface area contributed by atoms with Crippen molar-refractivity contribution < 1.29 is 23.8 Å². The van der Waals surface area contributed by atoms with E-state index in [0.717, 1.165) is 0 Å². The molecule has 2 rings (SSSR count). The number of alkyl halides is 1. The largest absolute Gasteiger partial charge is 0.378 e. The van der Waals surface area contributed by atoms with Gasteiger partial charge in [0.05, 0.1) is 57.3 Å². The van der Waals surface area contributed by atoms with Gasteiger partial charge in [-0.25, -0.2) is 0 Å². The minimum absolute atomic E-state index is 0. The van der Waals surface area contributed by atoms with E-state index in [1.165, 1.54) is 4.90 Å². The topological polar surface area (TPSA) is 65.1 Å². The van der Waals surface area contributed by atoms with Crippen LogP contribution in [0.2, 0.25) is 0 Å². The van der Waals surface area contributed by atoms with Crippen LogP contribution in [0.15, 0.2) is 24.3 Å². The fourth-order valence-electron chi connectivity index (χ4n) is 2.19. The molecule has 1 heterocycles. The number of fused-ring (bicyclic) bond motifs is 1. The molecule has 6 nitrogen and oxygen atoms in total. The molecule has 1 aliphatic heterocycles. The van der Waals surface area contributed by atoms with Gasteiger partial charge in [0.1, 0.15) is 0 Å². The lowest BCUT2D eigenvalue weighted by molar-refractivity contribution is 0.0135. The molecule has 1 aromatic carbocycles. The van der Waals surface area contributed by atoms with Crippen molar-refractivity contribution >= 4 is 23.4 Å². The highest BCUT2D eigenvalue weighted by Crippen LogP contribution is 2.21. The summed E-state index contributed by atoms with van der Waals surface area (Å²) in [6, 6.07) is 6.82. The number of halogens is 1. The summed E-state index contributed by atoms with van der Waals surface area (Å²) in [5.74, 6) is -0.0511. The molecule has 0 aliphatic carbocycles. The second kappa shape index (κ2) is 11.1. The molecule has 0 radical (unpaired) electrons. The maximum Gasteiger partial charge on any atom is 0.261 e. The molecule has 24 heavy (non-hydrogen) atoms. The zero-order valence-corrected chi connectivity index (χ0v) is 13.6. The maximum absolute atomic E-state index is 12.1. The van der Waals surface area contributed by atoms with Crippen molar-refractivity contribution in [2.75, 3.05) is 52.1 Å². The molecular weight excluding hydrogens is 334 g/mol. The molecule has 2 amide bonds. The average molecular weight is 358 g/mol. The standard InChI is InChI=1S/C16H20ClNO5.CH4/c17-5-7-21-9-11-23-12-10-22-8-6-18-15(19)13-3-1-2-4-14(13)16(18)20;/h1-4H,5-12H2;1H4. The van der Waals surface area contributed by atoms with Crippen molar-refractivity contribution in [2.45, 2.75) is 7.43 Å². The van der Waals surface area contributed by atoms with Gasteiger partial charge in [0, 0.05) is 5.88 Å². The van der Waals surface area contributed by atoms with Gasteiger partial charge in [-0.05, 0) is 12.1 Å². The molecule has 0 saturated carbocycles. The zero-order chi connectivity index (χ0) is 16.5. The van der Waals surface area contributed by atoms with Gasteiger partial charge in [-0.2, -0.15) is 0 Å². The molecule has 134 valence electrons. The Morgan fingerprint density at radius 2 is 1.25 bits per heavy atom. The Hall–Kier alpha value is -1.47. The van der Waals surface area contributed by atoms with Crippen LogP contribution in [0.1, 0.15) is 28.1 Å². The monoisotopic (exact) mass is 357 g/mol. The molecule has 1 aliphatic rings. The second-order valence-electron chi connectivity index (χ2n) is 4.83. The number of nitrogens with zero attached hydrogens (tertiary/aromatic N) is 1. The van der Waals surface area contributed by atoms with Gasteiger partial charge < -0.3 is 14.2 Å². The molecule has 0 aromatic heterocycles. The quantitative estimate of drug-likeness (QED) is 0.345. The smallest absolute Gasteiger partial charge is 0.261 e. The van der Waals surface area contributed by atoms with E-state index in [1.54, 1.807) is 24.3 Å². The van der Waals surface area contributed by atoms with Gasteiger partial charge in [-0.3, -0.25) is 14.5 Å². The molecular formula is C17H24ClNO5. The first-order valence-electron chi connectivity index (χ1n) is 7.50. The van der Waals surface area contributed by atoms with Crippen molar-refractivity contribution in [3.05, 3.63) is 35.4 Å². The predicted molar refractivity (Wildman–Crippen MR) is 91.7 cm³/mol. The summed E-state index contributed by atoms with van der Waals surface area (Å²) in [5, 5.41) is 0. The van der Waals surface area contributed by atoms with E-state index in [0.29, 0.717) is 50.0 Å². The van der Waals surface area contributed by atoms with Crippen molar-refractivity contribution in [3.8, 4) is 0 Å². The van der Waals surface area contributed by atoms with E-state index in [-0.39, 0.29) is 32.4 Å². The van der Waals surface area contributed by atoms with E-state index in [1.807, 2.05) is 0 Å². The number of hydrogen-bond donors (Lipinski definition) is 0. The number of hydrogen-bond acceptors (Lipinski definition) is 5. The van der Waals surface area contributed by atoms with Gasteiger partial charge in [0.15, 0.2) is 0 Å². The number of carbonyl (C=O) groups is 2. The highest BCUT2D eigenvalue weighted by atomic mass is 35.5. The Balaban J connectivity index is 0.00000288. The summed E-state index contributed by atoms with van der Waals surface area (Å²) < 4.78 is 15.8. The highest BCUT2D eigenvalue weighted by Gasteiger charge is 2.34. The first-order valence-corrected chi connectivity index (χ1v) is 8.03. The summed E-state index contributed by atoms with van der Waals surface area (Å²) in [5.41, 5.74) is 0.913. The number of amides is 2. The molecule has 0 saturated heterocycles. The molecule has 7 heteroatoms. The van der Waals surface area contributed by atoms with Gasteiger partial charge >= 0.3 is 0 Å². The first kappa shape index (κ1) is 20.6. The highest BCUT2D eigenvalue weighted by molar-refractivity contribution is 6.21. The van der Waals surface area contributed by atoms with Crippen LogP contribution in [-0.4, -0.2) is 68.8 Å². The van der Waals surface area contributed by atoms with Crippen LogP contribution in [0.4, 0.5) is 0 Å². The number of ether oxygens (including phenoxy) is 3. The molecule has 0 unspecified atom stereocenters. The third-order valence-corrected chi connectivity index (χ3v) is 3.46. The lowest BCUT2D eigenvalue weighted by atomic mass is 10.1. The fourth-order valence-corrected chi connectivity index (χ4v) is 2.30. The summed E-state index contributed by atoms with van der Waals surface area (Å²) in [4.78, 5) is 25.4. The summed E-state index contributed by atoms with van der Waals surface area (Å²) in [6.45, 7) is 2.87. The normalized spacial score (nSPS) is 13.1. The Morgan fingerprint density at radius 3 is 1.75 bits per heavy atom. The minimum Gasteiger partial charge on any atom is -0.378 e. The summed E-state index contributed by atoms with van der Waals surface area (Å²) in [7, 11) is 0. The van der Waals surface area contributed by atoms with E-state index >= 15 is 0 Å². The van der Waals surface area contributed by atoms with Crippen molar-refractivity contribution in [3.63, 3.8) is 0 Å². The van der Waals surface area contributed by atoms with Gasteiger partial charge in [0.25, 0.3) is 11.8 Å². The lowest BCUT2D eigenvalue weighted by Gasteiger charge is -2.13. The van der Waals surface area contributed by atoms with E-state index in [4.69, 9.17) is 25.8 Å². The van der Waals surface area contributed by atoms with Crippen molar-refractivity contribution in [2.24, 2.45) is 0 Å². The Morgan fingerprint density at radius 1 is 0.792 bits per heavy atom. The molecule has 0 fully saturated rings. The van der Waals surface area contributed by atoms with E-state index in [9.17, 15) is 9.59 Å². The fraction of sp³-hybridized carbons (Fsp3) is 0.529. The average Bonchev–Trinajstić information content (AvgIpc) is 2.81. The number of benzene rings is 1. The van der Waals surface area contributed by atoms with Gasteiger partial charge in [-0.15, -0.1) is 11.6 Å². The summed E-state index contributed by atoms with van der Waals surface area (Å²) >= 11 is 5.47. The van der Waals surface area contributed by atoms with Crippen LogP contribution in [-0.2, 0) is 14.2 Å². The SMILES string of the molecule is C.O=C1c2ccccc2C(=O)N1CCOCCOCCOCCCl. The Kier molecular flexibility index (Phi) is 9.56. The Bertz CT molecular complexity index is 502. The minimum atomic E-state index is -0.262. The van der Waals surface area contributed by atoms with Crippen LogP contribution in [0.25, 0.3) is 0 Å². The van der Waals surface area contributed by atoms with Gasteiger partial charge in [-0.1, -0.05) is 19.6 Å². The van der Waals surface area contributed by atoms with Crippen LogP contribution >= 0.6 is 11.6 Å². The van der Waals surface area contributed by atoms with Crippen LogP contribution < -0.4 is 0 Å². The third-order valence-electron chi connectivity index (χ3n) is 3.30. The van der Waals surface area contributed by atoms with Gasteiger partial charge in [0.2, 0.25) is 0 Å². The molecule has 0 spiro atoms. The number of carbonyl (C=O) groups excluding carboxylic acids is 2. The predicted octanol–water partition coefficient (Wildman–Crippen LogP) is 2.21. The molecule has 0 atom stereocenters. The van der Waals surface area contributed by atoms with Crippen LogP contribution in [0.5, 0.6) is 0 Å².